The highest BCUT2D eigenvalue weighted by Gasteiger charge is 2.08. The van der Waals surface area contributed by atoms with Crippen LogP contribution in [0.4, 0.5) is 5.69 Å². The quantitative estimate of drug-likeness (QED) is 0.418. The van der Waals surface area contributed by atoms with Gasteiger partial charge in [0.25, 0.3) is 0 Å². The number of aliphatic imine (C=N–C) groups is 1. The molecule has 0 aliphatic carbocycles. The van der Waals surface area contributed by atoms with E-state index in [0.29, 0.717) is 6.61 Å². The molecule has 2 aromatic carbocycles. The van der Waals surface area contributed by atoms with Crippen LogP contribution < -0.4 is 4.74 Å². The predicted octanol–water partition coefficient (Wildman–Crippen LogP) is 6.14. The van der Waals surface area contributed by atoms with E-state index in [2.05, 4.69) is 69.4 Å². The average Bonchev–Trinajstić information content (AvgIpc) is 2.45. The zero-order valence-electron chi connectivity index (χ0n) is 12.6. The molecule has 0 aliphatic heterocycles. The summed E-state index contributed by atoms with van der Waals surface area (Å²) in [5, 5.41) is 0. The van der Waals surface area contributed by atoms with Crippen LogP contribution in [-0.2, 0) is 0 Å². The van der Waals surface area contributed by atoms with Crippen molar-refractivity contribution in [2.45, 2.75) is 13.8 Å². The van der Waals surface area contributed by atoms with Gasteiger partial charge in [-0.2, -0.15) is 0 Å². The Bertz CT molecular complexity index is 700. The highest BCUT2D eigenvalue weighted by Crippen LogP contribution is 2.34. The fourth-order valence-electron chi connectivity index (χ4n) is 2.03. The van der Waals surface area contributed by atoms with E-state index in [1.807, 2.05) is 24.4 Å². The molecule has 0 bridgehead atoms. The molecule has 0 fully saturated rings. The molecule has 4 heteroatoms. The molecule has 0 radical (unpaired) electrons. The molecule has 2 rings (SSSR count). The van der Waals surface area contributed by atoms with Crippen molar-refractivity contribution in [1.29, 1.82) is 0 Å². The third kappa shape index (κ3) is 4.31. The third-order valence-corrected chi connectivity index (χ3v) is 4.25. The Morgan fingerprint density at radius 3 is 2.41 bits per heavy atom. The smallest absolute Gasteiger partial charge is 0.148 e. The average molecular weight is 423 g/mol. The molecule has 0 spiro atoms. The second kappa shape index (κ2) is 7.75. The van der Waals surface area contributed by atoms with Gasteiger partial charge < -0.3 is 4.74 Å². The lowest BCUT2D eigenvalue weighted by molar-refractivity contribution is 0.358. The van der Waals surface area contributed by atoms with E-state index in [-0.39, 0.29) is 0 Å². The second-order valence-electron chi connectivity index (χ2n) is 4.96. The molecule has 0 saturated heterocycles. The predicted molar refractivity (Wildman–Crippen MR) is 101 cm³/mol. The minimum Gasteiger partial charge on any atom is -0.487 e. The van der Waals surface area contributed by atoms with Crippen LogP contribution in [0.3, 0.4) is 0 Å². The molecule has 0 unspecified atom stereocenters. The second-order valence-corrected chi connectivity index (χ2v) is 6.67. The number of benzene rings is 2. The summed E-state index contributed by atoms with van der Waals surface area (Å²) in [5.41, 5.74) is 4.38. The van der Waals surface area contributed by atoms with Crippen molar-refractivity contribution in [3.8, 4) is 5.75 Å². The van der Waals surface area contributed by atoms with Crippen molar-refractivity contribution in [2.75, 3.05) is 6.61 Å². The molecule has 0 N–H and O–H groups in total. The summed E-state index contributed by atoms with van der Waals surface area (Å²) in [7, 11) is 0. The van der Waals surface area contributed by atoms with E-state index in [0.717, 1.165) is 25.9 Å². The Morgan fingerprint density at radius 1 is 1.14 bits per heavy atom. The zero-order chi connectivity index (χ0) is 16.1. The van der Waals surface area contributed by atoms with Crippen molar-refractivity contribution in [1.82, 2.24) is 0 Å². The van der Waals surface area contributed by atoms with Crippen LogP contribution in [0.25, 0.3) is 0 Å². The van der Waals surface area contributed by atoms with Crippen molar-refractivity contribution >= 4 is 43.8 Å². The molecule has 2 aromatic rings. The Balaban J connectivity index is 2.26. The SMILES string of the molecule is C=CCOc1c(Br)cc(C=Nc2ccc(C)cc2C)cc1Br. The number of halogens is 2. The summed E-state index contributed by atoms with van der Waals surface area (Å²) >= 11 is 7.05. The summed E-state index contributed by atoms with van der Waals surface area (Å²) in [6.45, 7) is 8.27. The molecule has 0 heterocycles. The summed E-state index contributed by atoms with van der Waals surface area (Å²) in [6, 6.07) is 10.2. The van der Waals surface area contributed by atoms with Gasteiger partial charge in [-0.25, -0.2) is 0 Å². The lowest BCUT2D eigenvalue weighted by Crippen LogP contribution is -1.96. The van der Waals surface area contributed by atoms with Crippen LogP contribution in [0.5, 0.6) is 5.75 Å². The van der Waals surface area contributed by atoms with Crippen molar-refractivity contribution < 1.29 is 4.74 Å². The van der Waals surface area contributed by atoms with E-state index in [9.17, 15) is 0 Å². The maximum absolute atomic E-state index is 5.61. The molecule has 0 aliphatic rings. The maximum Gasteiger partial charge on any atom is 0.148 e. The third-order valence-electron chi connectivity index (χ3n) is 3.07. The normalized spacial score (nSPS) is 10.9. The Morgan fingerprint density at radius 2 is 1.82 bits per heavy atom. The van der Waals surface area contributed by atoms with Gasteiger partial charge in [0.2, 0.25) is 0 Å². The van der Waals surface area contributed by atoms with Crippen LogP contribution in [0.1, 0.15) is 16.7 Å². The first-order valence-corrected chi connectivity index (χ1v) is 8.44. The van der Waals surface area contributed by atoms with Gasteiger partial charge in [-0.05, 0) is 75.0 Å². The summed E-state index contributed by atoms with van der Waals surface area (Å²) in [6.07, 6.45) is 3.57. The van der Waals surface area contributed by atoms with E-state index in [1.54, 1.807) is 6.08 Å². The molecular formula is C18H17Br2NO. The number of hydrogen-bond donors (Lipinski definition) is 0. The standard InChI is InChI=1S/C18H17Br2NO/c1-4-7-22-18-15(19)9-14(10-16(18)20)11-21-17-6-5-12(2)8-13(17)3/h4-6,8-11H,1,7H2,2-3H3. The Kier molecular flexibility index (Phi) is 5.98. The van der Waals surface area contributed by atoms with Gasteiger partial charge >= 0.3 is 0 Å². The maximum atomic E-state index is 5.61. The molecule has 114 valence electrons. The van der Waals surface area contributed by atoms with Gasteiger partial charge in [-0.15, -0.1) is 0 Å². The van der Waals surface area contributed by atoms with E-state index in [1.165, 1.54) is 11.1 Å². The van der Waals surface area contributed by atoms with Gasteiger partial charge in [0.05, 0.1) is 14.6 Å². The van der Waals surface area contributed by atoms with E-state index in [4.69, 9.17) is 4.74 Å². The first-order valence-electron chi connectivity index (χ1n) is 6.85. The minimum atomic E-state index is 0.465. The first-order chi connectivity index (χ1) is 10.5. The highest BCUT2D eigenvalue weighted by molar-refractivity contribution is 9.11. The largest absolute Gasteiger partial charge is 0.487 e. The molecule has 0 atom stereocenters. The summed E-state index contributed by atoms with van der Waals surface area (Å²) in [4.78, 5) is 4.57. The van der Waals surface area contributed by atoms with Crippen LogP contribution in [0, 0.1) is 13.8 Å². The van der Waals surface area contributed by atoms with E-state index < -0.39 is 0 Å². The van der Waals surface area contributed by atoms with Gasteiger partial charge in [0, 0.05) is 6.21 Å². The molecule has 0 amide bonds. The van der Waals surface area contributed by atoms with Gasteiger partial charge in [-0.1, -0.05) is 30.4 Å². The number of nitrogens with zero attached hydrogens (tertiary/aromatic N) is 1. The topological polar surface area (TPSA) is 21.6 Å². The minimum absolute atomic E-state index is 0.465. The lowest BCUT2D eigenvalue weighted by atomic mass is 10.1. The number of hydrogen-bond acceptors (Lipinski definition) is 2. The highest BCUT2D eigenvalue weighted by atomic mass is 79.9. The molecule has 0 saturated carbocycles. The van der Waals surface area contributed by atoms with Gasteiger partial charge in [0.15, 0.2) is 0 Å². The van der Waals surface area contributed by atoms with Crippen LogP contribution in [-0.4, -0.2) is 12.8 Å². The Labute approximate surface area is 148 Å². The monoisotopic (exact) mass is 421 g/mol. The first kappa shape index (κ1) is 17.0. The molecule has 22 heavy (non-hydrogen) atoms. The summed E-state index contributed by atoms with van der Waals surface area (Å²) < 4.78 is 7.37. The molecule has 0 aromatic heterocycles. The van der Waals surface area contributed by atoms with Crippen molar-refractivity contribution in [3.05, 3.63) is 68.6 Å². The molecule has 2 nitrogen and oxygen atoms in total. The van der Waals surface area contributed by atoms with Crippen molar-refractivity contribution in [3.63, 3.8) is 0 Å². The fourth-order valence-corrected chi connectivity index (χ4v) is 3.48. The van der Waals surface area contributed by atoms with Crippen LogP contribution in [0.15, 0.2) is 56.9 Å². The molecular weight excluding hydrogens is 406 g/mol. The number of ether oxygens (including phenoxy) is 1. The van der Waals surface area contributed by atoms with E-state index >= 15 is 0 Å². The number of aryl methyl sites for hydroxylation is 2. The van der Waals surface area contributed by atoms with Crippen molar-refractivity contribution in [2.24, 2.45) is 4.99 Å². The summed E-state index contributed by atoms with van der Waals surface area (Å²) in [5.74, 6) is 0.767. The van der Waals surface area contributed by atoms with Gasteiger partial charge in [0.1, 0.15) is 12.4 Å². The fraction of sp³-hybridized carbons (Fsp3) is 0.167. The Hall–Kier alpha value is -1.39. The number of rotatable bonds is 5. The van der Waals surface area contributed by atoms with Gasteiger partial charge in [-0.3, -0.25) is 4.99 Å². The zero-order valence-corrected chi connectivity index (χ0v) is 15.7. The van der Waals surface area contributed by atoms with Crippen LogP contribution in [0.2, 0.25) is 0 Å². The van der Waals surface area contributed by atoms with Crippen LogP contribution >= 0.6 is 31.9 Å². The lowest BCUT2D eigenvalue weighted by Gasteiger charge is -2.09.